The number of aliphatic hydroxyl groups excluding tert-OH is 1. The van der Waals surface area contributed by atoms with Crippen LogP contribution in [0, 0.1) is 0 Å². The van der Waals surface area contributed by atoms with Crippen molar-refractivity contribution in [2.75, 3.05) is 13.1 Å². The van der Waals surface area contributed by atoms with Crippen molar-refractivity contribution in [3.8, 4) is 0 Å². The molecule has 2 N–H and O–H groups in total. The first kappa shape index (κ1) is 12.4. The second-order valence-corrected chi connectivity index (χ2v) is 5.62. The Bertz CT molecular complexity index is 837. The lowest BCUT2D eigenvalue weighted by Gasteiger charge is -2.13. The quantitative estimate of drug-likeness (QED) is 0.719. The van der Waals surface area contributed by atoms with Crippen molar-refractivity contribution in [2.45, 2.75) is 12.5 Å². The van der Waals surface area contributed by atoms with Gasteiger partial charge in [0.15, 0.2) is 0 Å². The van der Waals surface area contributed by atoms with Crippen molar-refractivity contribution in [1.29, 1.82) is 0 Å². The topological polar surface area (TPSA) is 56.3 Å². The van der Waals surface area contributed by atoms with Gasteiger partial charge in [0, 0.05) is 24.0 Å². The van der Waals surface area contributed by atoms with Crippen molar-refractivity contribution in [1.82, 2.24) is 9.88 Å². The van der Waals surface area contributed by atoms with Gasteiger partial charge in [-0.1, -0.05) is 30.3 Å². The molecule has 3 aromatic rings. The van der Waals surface area contributed by atoms with Gasteiger partial charge < -0.3 is 15.0 Å². The summed E-state index contributed by atoms with van der Waals surface area (Å²) in [6.07, 6.45) is 0.272. The van der Waals surface area contributed by atoms with E-state index >= 15 is 0 Å². The van der Waals surface area contributed by atoms with Crippen LogP contribution in [-0.4, -0.2) is 40.1 Å². The zero-order valence-electron chi connectivity index (χ0n) is 11.5. The third kappa shape index (κ3) is 1.99. The van der Waals surface area contributed by atoms with Gasteiger partial charge in [0.1, 0.15) is 5.69 Å². The maximum atomic E-state index is 12.5. The van der Waals surface area contributed by atoms with Crippen LogP contribution in [0.25, 0.3) is 21.7 Å². The fourth-order valence-corrected chi connectivity index (χ4v) is 3.10. The normalized spacial score (nSPS) is 18.7. The average Bonchev–Trinajstić information content (AvgIpc) is 3.12. The summed E-state index contributed by atoms with van der Waals surface area (Å²) in [7, 11) is 0. The third-order valence-electron chi connectivity index (χ3n) is 4.21. The second kappa shape index (κ2) is 4.60. The van der Waals surface area contributed by atoms with Crippen molar-refractivity contribution < 1.29 is 9.90 Å². The summed E-state index contributed by atoms with van der Waals surface area (Å²) in [6.45, 7) is 1.05. The number of benzene rings is 2. The number of fused-ring (bicyclic) bond motifs is 3. The van der Waals surface area contributed by atoms with Crippen LogP contribution < -0.4 is 0 Å². The molecule has 1 atom stereocenters. The summed E-state index contributed by atoms with van der Waals surface area (Å²) in [5.41, 5.74) is 1.56. The molecule has 4 nitrogen and oxygen atoms in total. The van der Waals surface area contributed by atoms with Crippen LogP contribution in [0.5, 0.6) is 0 Å². The molecule has 1 aliphatic rings. The molecule has 1 fully saturated rings. The van der Waals surface area contributed by atoms with Crippen LogP contribution in [0.4, 0.5) is 0 Å². The third-order valence-corrected chi connectivity index (χ3v) is 4.21. The second-order valence-electron chi connectivity index (χ2n) is 5.62. The molecule has 0 unspecified atom stereocenters. The van der Waals surface area contributed by atoms with Gasteiger partial charge in [0.2, 0.25) is 0 Å². The molecule has 4 rings (SSSR count). The molecule has 2 heterocycles. The smallest absolute Gasteiger partial charge is 0.270 e. The fraction of sp³-hybridized carbons (Fsp3) is 0.235. The monoisotopic (exact) mass is 280 g/mol. The lowest BCUT2D eigenvalue weighted by Crippen LogP contribution is -2.29. The Morgan fingerprint density at radius 1 is 1.19 bits per heavy atom. The molecule has 0 saturated carbocycles. The lowest BCUT2D eigenvalue weighted by atomic mass is 10.1. The Kier molecular flexibility index (Phi) is 2.72. The molecule has 1 amide bonds. The zero-order chi connectivity index (χ0) is 14.4. The minimum Gasteiger partial charge on any atom is -0.391 e. The minimum absolute atomic E-state index is 0.0353. The van der Waals surface area contributed by atoms with Crippen LogP contribution in [0.3, 0.4) is 0 Å². The number of aromatic amines is 1. The first-order valence-corrected chi connectivity index (χ1v) is 7.20. The Morgan fingerprint density at radius 2 is 2.05 bits per heavy atom. The van der Waals surface area contributed by atoms with Crippen molar-refractivity contribution in [3.63, 3.8) is 0 Å². The van der Waals surface area contributed by atoms with Crippen molar-refractivity contribution >= 4 is 27.6 Å². The molecular weight excluding hydrogens is 264 g/mol. The highest BCUT2D eigenvalue weighted by molar-refractivity contribution is 6.09. The van der Waals surface area contributed by atoms with Gasteiger partial charge in [-0.25, -0.2) is 0 Å². The van der Waals surface area contributed by atoms with Crippen LogP contribution >= 0.6 is 0 Å². The van der Waals surface area contributed by atoms with E-state index in [1.807, 2.05) is 24.3 Å². The summed E-state index contributed by atoms with van der Waals surface area (Å²) in [4.78, 5) is 17.4. The number of hydrogen-bond acceptors (Lipinski definition) is 2. The number of rotatable bonds is 1. The molecule has 0 aliphatic carbocycles. The maximum Gasteiger partial charge on any atom is 0.270 e. The molecule has 4 heteroatoms. The highest BCUT2D eigenvalue weighted by Gasteiger charge is 2.26. The summed E-state index contributed by atoms with van der Waals surface area (Å²) in [6, 6.07) is 14.1. The first-order valence-electron chi connectivity index (χ1n) is 7.20. The number of carbonyl (C=O) groups excluding carboxylic acids is 1. The van der Waals surface area contributed by atoms with Crippen molar-refractivity contribution in [2.24, 2.45) is 0 Å². The number of nitrogens with zero attached hydrogens (tertiary/aromatic N) is 1. The van der Waals surface area contributed by atoms with E-state index in [1.165, 1.54) is 5.39 Å². The van der Waals surface area contributed by atoms with Crippen LogP contribution in [0.15, 0.2) is 42.5 Å². The lowest BCUT2D eigenvalue weighted by molar-refractivity contribution is 0.0760. The standard InChI is InChI=1S/C17H16N2O2/c20-12-7-8-19(10-12)17(21)16-9-14-13-4-2-1-3-11(13)5-6-15(14)18-16/h1-6,9,12,18,20H,7-8,10H2/t12-/m1/s1. The number of hydrogen-bond donors (Lipinski definition) is 2. The van der Waals surface area contributed by atoms with E-state index in [2.05, 4.69) is 23.2 Å². The highest BCUT2D eigenvalue weighted by Crippen LogP contribution is 2.26. The maximum absolute atomic E-state index is 12.5. The number of carbonyl (C=O) groups is 1. The molecular formula is C17H16N2O2. The van der Waals surface area contributed by atoms with Gasteiger partial charge in [0.05, 0.1) is 6.10 Å². The number of likely N-dealkylation sites (tertiary alicyclic amines) is 1. The summed E-state index contributed by atoms with van der Waals surface area (Å²) in [5.74, 6) is -0.0353. The van der Waals surface area contributed by atoms with Gasteiger partial charge in [-0.15, -0.1) is 0 Å². The molecule has 1 aliphatic heterocycles. The van der Waals surface area contributed by atoms with Gasteiger partial charge >= 0.3 is 0 Å². The fourth-order valence-electron chi connectivity index (χ4n) is 3.10. The molecule has 0 bridgehead atoms. The number of β-amino-alcohol motifs (C(OH)–C–C–N with tert-alkyl or cyclic N) is 1. The van der Waals surface area contributed by atoms with E-state index in [9.17, 15) is 9.90 Å². The number of H-pyrrole nitrogens is 1. The highest BCUT2D eigenvalue weighted by atomic mass is 16.3. The molecule has 1 saturated heterocycles. The number of amides is 1. The van der Waals surface area contributed by atoms with Crippen LogP contribution in [-0.2, 0) is 0 Å². The van der Waals surface area contributed by atoms with E-state index < -0.39 is 0 Å². The predicted molar refractivity (Wildman–Crippen MR) is 82.3 cm³/mol. The van der Waals surface area contributed by atoms with E-state index in [4.69, 9.17) is 0 Å². The summed E-state index contributed by atoms with van der Waals surface area (Å²) < 4.78 is 0. The first-order chi connectivity index (χ1) is 10.2. The van der Waals surface area contributed by atoms with Gasteiger partial charge in [-0.05, 0) is 29.3 Å². The molecule has 0 radical (unpaired) electrons. The number of nitrogens with one attached hydrogen (secondary N) is 1. The number of aliphatic hydroxyl groups is 1. The van der Waals surface area contributed by atoms with E-state index in [1.54, 1.807) is 4.90 Å². The molecule has 106 valence electrons. The largest absolute Gasteiger partial charge is 0.391 e. The zero-order valence-corrected chi connectivity index (χ0v) is 11.5. The van der Waals surface area contributed by atoms with Gasteiger partial charge in [-0.3, -0.25) is 4.79 Å². The molecule has 21 heavy (non-hydrogen) atoms. The van der Waals surface area contributed by atoms with E-state index in [0.717, 1.165) is 16.3 Å². The van der Waals surface area contributed by atoms with Crippen LogP contribution in [0.1, 0.15) is 16.9 Å². The predicted octanol–water partition coefficient (Wildman–Crippen LogP) is 2.53. The van der Waals surface area contributed by atoms with Gasteiger partial charge in [0.25, 0.3) is 5.91 Å². The van der Waals surface area contributed by atoms with Gasteiger partial charge in [-0.2, -0.15) is 0 Å². The Hall–Kier alpha value is -2.33. The SMILES string of the molecule is O=C(c1cc2c(ccc3ccccc32)[nH]1)N1CC[C@@H](O)C1. The minimum atomic E-state index is -0.390. The van der Waals surface area contributed by atoms with Crippen molar-refractivity contribution in [3.05, 3.63) is 48.2 Å². The molecule has 2 aromatic carbocycles. The van der Waals surface area contributed by atoms with Crippen LogP contribution in [0.2, 0.25) is 0 Å². The molecule has 1 aromatic heterocycles. The summed E-state index contributed by atoms with van der Waals surface area (Å²) >= 11 is 0. The Balaban J connectivity index is 1.80. The van der Waals surface area contributed by atoms with E-state index in [0.29, 0.717) is 25.2 Å². The molecule has 0 spiro atoms. The number of aromatic nitrogens is 1. The Morgan fingerprint density at radius 3 is 2.86 bits per heavy atom. The van der Waals surface area contributed by atoms with E-state index in [-0.39, 0.29) is 12.0 Å². The summed E-state index contributed by atoms with van der Waals surface area (Å²) in [5, 5.41) is 12.9. The Labute approximate surface area is 122 Å². The average molecular weight is 280 g/mol.